The average molecular weight is 298 g/mol. The molecule has 1 amide bonds. The first-order valence-electron chi connectivity index (χ1n) is 6.62. The summed E-state index contributed by atoms with van der Waals surface area (Å²) < 4.78 is 0. The van der Waals surface area contributed by atoms with E-state index < -0.39 is 5.97 Å². The third-order valence-corrected chi connectivity index (χ3v) is 3.05. The number of aliphatic carboxylic acids is 1. The third kappa shape index (κ3) is 6.06. The predicted octanol–water partition coefficient (Wildman–Crippen LogP) is 2.84. The van der Waals surface area contributed by atoms with Gasteiger partial charge in [0, 0.05) is 18.1 Å². The van der Waals surface area contributed by atoms with Crippen LogP contribution >= 0.6 is 11.6 Å². The van der Waals surface area contributed by atoms with Gasteiger partial charge in [0.1, 0.15) is 0 Å². The fraction of sp³-hybridized carbons (Fsp3) is 0.467. The normalized spacial score (nSPS) is 10.6. The van der Waals surface area contributed by atoms with E-state index in [1.165, 1.54) is 0 Å². The van der Waals surface area contributed by atoms with Crippen LogP contribution in [0.4, 0.5) is 0 Å². The van der Waals surface area contributed by atoms with E-state index >= 15 is 0 Å². The van der Waals surface area contributed by atoms with E-state index in [-0.39, 0.29) is 25.3 Å². The Labute approximate surface area is 124 Å². The lowest BCUT2D eigenvalue weighted by atomic mass is 10.1. The SMILES string of the molecule is CC(C)CN(CCC(=O)O)C(=O)Cc1ccc(Cl)cc1. The quantitative estimate of drug-likeness (QED) is 0.842. The maximum Gasteiger partial charge on any atom is 0.305 e. The Morgan fingerprint density at radius 3 is 2.35 bits per heavy atom. The molecule has 0 unspecified atom stereocenters. The molecule has 0 radical (unpaired) electrons. The van der Waals surface area contributed by atoms with Crippen molar-refractivity contribution in [3.8, 4) is 0 Å². The zero-order chi connectivity index (χ0) is 15.1. The number of carboxylic acids is 1. The van der Waals surface area contributed by atoms with Gasteiger partial charge in [-0.3, -0.25) is 9.59 Å². The zero-order valence-electron chi connectivity index (χ0n) is 11.8. The van der Waals surface area contributed by atoms with Gasteiger partial charge in [-0.05, 0) is 23.6 Å². The predicted molar refractivity (Wildman–Crippen MR) is 78.8 cm³/mol. The number of hydrogen-bond acceptors (Lipinski definition) is 2. The molecular weight excluding hydrogens is 278 g/mol. The average Bonchev–Trinajstić information content (AvgIpc) is 2.36. The van der Waals surface area contributed by atoms with Crippen LogP contribution in [0.5, 0.6) is 0 Å². The van der Waals surface area contributed by atoms with Crippen molar-refractivity contribution in [1.82, 2.24) is 4.90 Å². The summed E-state index contributed by atoms with van der Waals surface area (Å²) in [6.45, 7) is 4.83. The van der Waals surface area contributed by atoms with E-state index in [9.17, 15) is 9.59 Å². The Kier molecular flexibility index (Phi) is 6.52. The molecule has 1 aromatic carbocycles. The van der Waals surface area contributed by atoms with Gasteiger partial charge in [0.05, 0.1) is 12.8 Å². The van der Waals surface area contributed by atoms with Gasteiger partial charge in [0.15, 0.2) is 0 Å². The molecule has 0 saturated heterocycles. The zero-order valence-corrected chi connectivity index (χ0v) is 12.6. The second-order valence-electron chi connectivity index (χ2n) is 5.18. The minimum absolute atomic E-state index is 0.0287. The minimum atomic E-state index is -0.891. The van der Waals surface area contributed by atoms with Gasteiger partial charge in [-0.1, -0.05) is 37.6 Å². The van der Waals surface area contributed by atoms with Crippen molar-refractivity contribution in [1.29, 1.82) is 0 Å². The highest BCUT2D eigenvalue weighted by atomic mass is 35.5. The van der Waals surface area contributed by atoms with Gasteiger partial charge in [0.25, 0.3) is 0 Å². The van der Waals surface area contributed by atoms with Gasteiger partial charge in [-0.15, -0.1) is 0 Å². The summed E-state index contributed by atoms with van der Waals surface area (Å²) in [4.78, 5) is 24.5. The molecule has 0 aromatic heterocycles. The molecule has 5 heteroatoms. The van der Waals surface area contributed by atoms with Crippen LogP contribution in [0, 0.1) is 5.92 Å². The summed E-state index contributed by atoms with van der Waals surface area (Å²) in [6.07, 6.45) is 0.239. The maximum absolute atomic E-state index is 12.2. The van der Waals surface area contributed by atoms with Gasteiger partial charge in [-0.2, -0.15) is 0 Å². The summed E-state index contributed by atoms with van der Waals surface area (Å²) in [6, 6.07) is 7.11. The van der Waals surface area contributed by atoms with E-state index in [1.54, 1.807) is 17.0 Å². The van der Waals surface area contributed by atoms with E-state index in [1.807, 2.05) is 26.0 Å². The molecule has 0 aliphatic rings. The van der Waals surface area contributed by atoms with Gasteiger partial charge >= 0.3 is 5.97 Å². The van der Waals surface area contributed by atoms with Crippen LogP contribution < -0.4 is 0 Å². The lowest BCUT2D eigenvalue weighted by molar-refractivity contribution is -0.138. The van der Waals surface area contributed by atoms with Crippen molar-refractivity contribution < 1.29 is 14.7 Å². The summed E-state index contributed by atoms with van der Waals surface area (Å²) in [5, 5.41) is 9.38. The highest BCUT2D eigenvalue weighted by Crippen LogP contribution is 2.11. The van der Waals surface area contributed by atoms with Gasteiger partial charge in [-0.25, -0.2) is 0 Å². The molecule has 4 nitrogen and oxygen atoms in total. The summed E-state index contributed by atoms with van der Waals surface area (Å²) in [5.41, 5.74) is 0.878. The highest BCUT2D eigenvalue weighted by Gasteiger charge is 2.16. The Morgan fingerprint density at radius 2 is 1.85 bits per heavy atom. The van der Waals surface area contributed by atoms with Gasteiger partial charge in [0.2, 0.25) is 5.91 Å². The number of carbonyl (C=O) groups excluding carboxylic acids is 1. The number of benzene rings is 1. The van der Waals surface area contributed by atoms with E-state index in [0.29, 0.717) is 17.5 Å². The smallest absolute Gasteiger partial charge is 0.305 e. The second kappa shape index (κ2) is 7.90. The molecule has 0 heterocycles. The Morgan fingerprint density at radius 1 is 1.25 bits per heavy atom. The standard InChI is InChI=1S/C15H20ClNO3/c1-11(2)10-17(8-7-15(19)20)14(18)9-12-3-5-13(16)6-4-12/h3-6,11H,7-10H2,1-2H3,(H,19,20). The highest BCUT2D eigenvalue weighted by molar-refractivity contribution is 6.30. The summed E-state index contributed by atoms with van der Waals surface area (Å²) >= 11 is 5.80. The lowest BCUT2D eigenvalue weighted by Gasteiger charge is -2.24. The van der Waals surface area contributed by atoms with E-state index in [4.69, 9.17) is 16.7 Å². The first-order valence-corrected chi connectivity index (χ1v) is 7.00. The van der Waals surface area contributed by atoms with Crippen molar-refractivity contribution in [2.75, 3.05) is 13.1 Å². The van der Waals surface area contributed by atoms with Crippen LogP contribution in [0.15, 0.2) is 24.3 Å². The molecule has 0 saturated carbocycles. The molecule has 110 valence electrons. The Hall–Kier alpha value is -1.55. The lowest BCUT2D eigenvalue weighted by Crippen LogP contribution is -2.36. The number of halogens is 1. The van der Waals surface area contributed by atoms with E-state index in [0.717, 1.165) is 5.56 Å². The topological polar surface area (TPSA) is 57.6 Å². The molecule has 20 heavy (non-hydrogen) atoms. The van der Waals surface area contributed by atoms with Crippen LogP contribution in [0.3, 0.4) is 0 Å². The van der Waals surface area contributed by atoms with Crippen molar-refractivity contribution in [3.63, 3.8) is 0 Å². The molecule has 0 bridgehead atoms. The molecule has 0 fully saturated rings. The molecule has 0 spiro atoms. The van der Waals surface area contributed by atoms with Crippen LogP contribution in [0.1, 0.15) is 25.8 Å². The molecular formula is C15H20ClNO3. The number of carboxylic acid groups (broad SMARTS) is 1. The first kappa shape index (κ1) is 16.5. The molecule has 1 N–H and O–H groups in total. The molecule has 0 aliphatic heterocycles. The molecule has 0 aliphatic carbocycles. The van der Waals surface area contributed by atoms with Crippen LogP contribution in [-0.2, 0) is 16.0 Å². The second-order valence-corrected chi connectivity index (χ2v) is 5.62. The number of rotatable bonds is 7. The fourth-order valence-corrected chi connectivity index (χ4v) is 2.00. The fourth-order valence-electron chi connectivity index (χ4n) is 1.88. The van der Waals surface area contributed by atoms with Crippen LogP contribution in [0.25, 0.3) is 0 Å². The summed E-state index contributed by atoms with van der Waals surface area (Å²) in [5.74, 6) is -0.640. The van der Waals surface area contributed by atoms with Crippen molar-refractivity contribution in [2.45, 2.75) is 26.7 Å². The Bertz CT molecular complexity index is 457. The number of hydrogen-bond donors (Lipinski definition) is 1. The van der Waals surface area contributed by atoms with Crippen LogP contribution in [-0.4, -0.2) is 35.0 Å². The first-order chi connectivity index (χ1) is 9.38. The number of amides is 1. The number of nitrogens with zero attached hydrogens (tertiary/aromatic N) is 1. The number of carbonyl (C=O) groups is 2. The largest absolute Gasteiger partial charge is 0.481 e. The van der Waals surface area contributed by atoms with Crippen molar-refractivity contribution >= 4 is 23.5 Å². The van der Waals surface area contributed by atoms with Gasteiger partial charge < -0.3 is 10.0 Å². The molecule has 0 atom stereocenters. The molecule has 1 rings (SSSR count). The Balaban J connectivity index is 2.66. The monoisotopic (exact) mass is 297 g/mol. The minimum Gasteiger partial charge on any atom is -0.481 e. The third-order valence-electron chi connectivity index (χ3n) is 2.80. The van der Waals surface area contributed by atoms with Crippen molar-refractivity contribution in [2.24, 2.45) is 5.92 Å². The van der Waals surface area contributed by atoms with Crippen molar-refractivity contribution in [3.05, 3.63) is 34.9 Å². The molecule has 1 aromatic rings. The maximum atomic E-state index is 12.2. The van der Waals surface area contributed by atoms with Crippen LogP contribution in [0.2, 0.25) is 5.02 Å². The van der Waals surface area contributed by atoms with E-state index in [2.05, 4.69) is 0 Å². The summed E-state index contributed by atoms with van der Waals surface area (Å²) in [7, 11) is 0.